The van der Waals surface area contributed by atoms with E-state index in [1.54, 1.807) is 10.6 Å². The number of halogens is 1. The van der Waals surface area contributed by atoms with E-state index in [4.69, 9.17) is 0 Å². The number of pyridine rings is 1. The van der Waals surface area contributed by atoms with Gasteiger partial charge >= 0.3 is 11.3 Å². The first kappa shape index (κ1) is 12.9. The van der Waals surface area contributed by atoms with Crippen LogP contribution in [0.5, 0.6) is 0 Å². The highest BCUT2D eigenvalue weighted by Crippen LogP contribution is 2.20. The number of imidazole rings is 1. The van der Waals surface area contributed by atoms with Gasteiger partial charge in [0.25, 0.3) is 0 Å². The fourth-order valence-electron chi connectivity index (χ4n) is 2.49. The molecule has 1 aliphatic rings. The van der Waals surface area contributed by atoms with Gasteiger partial charge in [-0.2, -0.15) is 4.98 Å². The third-order valence-electron chi connectivity index (χ3n) is 3.32. The summed E-state index contributed by atoms with van der Waals surface area (Å²) >= 11 is 0. The van der Waals surface area contributed by atoms with Gasteiger partial charge in [0.15, 0.2) is 0 Å². The van der Waals surface area contributed by atoms with Gasteiger partial charge < -0.3 is 10.5 Å². The van der Waals surface area contributed by atoms with Crippen molar-refractivity contribution in [1.82, 2.24) is 14.9 Å². The molecule has 18 heavy (non-hydrogen) atoms. The Morgan fingerprint density at radius 2 is 2.11 bits per heavy atom. The van der Waals surface area contributed by atoms with Gasteiger partial charge in [-0.25, -0.2) is 9.52 Å². The van der Waals surface area contributed by atoms with E-state index in [1.807, 2.05) is 6.07 Å². The Labute approximate surface area is 110 Å². The summed E-state index contributed by atoms with van der Waals surface area (Å²) in [5.74, 6) is 0. The van der Waals surface area contributed by atoms with E-state index in [0.29, 0.717) is 15.9 Å². The van der Waals surface area contributed by atoms with E-state index >= 15 is 0 Å². The summed E-state index contributed by atoms with van der Waals surface area (Å²) in [5.41, 5.74) is 0.845. The highest BCUT2D eigenvalue weighted by Gasteiger charge is 2.22. The number of nitrogens with zero attached hydrogens (tertiary/aromatic N) is 2. The average Bonchev–Trinajstić information content (AvgIpc) is 2.68. The summed E-state index contributed by atoms with van der Waals surface area (Å²) in [4.78, 5) is 14.6. The Balaban J connectivity index is 0.00000120. The molecular formula is C11H15ClN4O2. The molecule has 0 amide bonds. The predicted molar refractivity (Wildman–Crippen MR) is 69.9 cm³/mol. The van der Waals surface area contributed by atoms with E-state index in [0.717, 1.165) is 25.9 Å². The second-order valence-electron chi connectivity index (χ2n) is 4.35. The van der Waals surface area contributed by atoms with Crippen molar-refractivity contribution in [1.29, 1.82) is 0 Å². The lowest BCUT2D eigenvalue weighted by molar-refractivity contribution is -0.579. The second-order valence-corrected chi connectivity index (χ2v) is 4.35. The maximum atomic E-state index is 11.9. The zero-order chi connectivity index (χ0) is 11.8. The molecule has 2 N–H and O–H groups in total. The van der Waals surface area contributed by atoms with Gasteiger partial charge in [-0.1, -0.05) is 0 Å². The van der Waals surface area contributed by atoms with Crippen LogP contribution in [0.25, 0.3) is 11.2 Å². The maximum absolute atomic E-state index is 11.9. The predicted octanol–water partition coefficient (Wildman–Crippen LogP) is 0.309. The van der Waals surface area contributed by atoms with E-state index in [2.05, 4.69) is 10.3 Å². The summed E-state index contributed by atoms with van der Waals surface area (Å²) < 4.78 is 2.42. The fraction of sp³-hybridized carbons (Fsp3) is 0.455. The number of hydrogen-bond donors (Lipinski definition) is 2. The summed E-state index contributed by atoms with van der Waals surface area (Å²) in [5, 5.41) is 14.8. The van der Waals surface area contributed by atoms with E-state index in [1.165, 1.54) is 6.20 Å². The van der Waals surface area contributed by atoms with Crippen LogP contribution in [0.1, 0.15) is 18.9 Å². The average molecular weight is 271 g/mol. The highest BCUT2D eigenvalue weighted by atomic mass is 35.5. The minimum absolute atomic E-state index is 0. The van der Waals surface area contributed by atoms with Crippen LogP contribution in [0.15, 0.2) is 23.1 Å². The van der Waals surface area contributed by atoms with Gasteiger partial charge in [0, 0.05) is 6.04 Å². The molecule has 3 heterocycles. The van der Waals surface area contributed by atoms with Gasteiger partial charge in [0.1, 0.15) is 5.52 Å². The Bertz CT molecular complexity index is 601. The van der Waals surface area contributed by atoms with Crippen molar-refractivity contribution in [2.45, 2.75) is 18.9 Å². The number of H-pyrrole nitrogens is 1. The van der Waals surface area contributed by atoms with Crippen LogP contribution in [-0.4, -0.2) is 22.6 Å². The largest absolute Gasteiger partial charge is 0.711 e. The van der Waals surface area contributed by atoms with Crippen molar-refractivity contribution in [3.8, 4) is 0 Å². The third kappa shape index (κ3) is 1.97. The van der Waals surface area contributed by atoms with Crippen molar-refractivity contribution in [2.75, 3.05) is 13.1 Å². The molecule has 0 spiro atoms. The lowest BCUT2D eigenvalue weighted by Crippen LogP contribution is -2.33. The zero-order valence-corrected chi connectivity index (χ0v) is 10.6. The number of aromatic amines is 1. The van der Waals surface area contributed by atoms with Gasteiger partial charge in [0.05, 0.1) is 6.20 Å². The van der Waals surface area contributed by atoms with E-state index in [9.17, 15) is 10.0 Å². The molecule has 2 aromatic rings. The first-order valence-corrected chi connectivity index (χ1v) is 5.80. The molecule has 98 valence electrons. The number of rotatable bonds is 1. The van der Waals surface area contributed by atoms with Gasteiger partial charge in [-0.3, -0.25) is 4.57 Å². The molecule has 1 saturated heterocycles. The summed E-state index contributed by atoms with van der Waals surface area (Å²) in [7, 11) is 0. The van der Waals surface area contributed by atoms with Crippen molar-refractivity contribution < 1.29 is 4.73 Å². The molecule has 0 aromatic carbocycles. The molecule has 0 radical (unpaired) electrons. The van der Waals surface area contributed by atoms with Gasteiger partial charge in [0.2, 0.25) is 0 Å². The quantitative estimate of drug-likeness (QED) is 0.578. The van der Waals surface area contributed by atoms with E-state index < -0.39 is 0 Å². The minimum atomic E-state index is -0.192. The zero-order valence-electron chi connectivity index (χ0n) is 9.76. The molecule has 1 fully saturated rings. The molecule has 2 aromatic heterocycles. The smallest absolute Gasteiger partial charge is 0.414 e. The Morgan fingerprint density at radius 3 is 2.83 bits per heavy atom. The molecule has 1 aliphatic heterocycles. The number of hydrogen-bond acceptors (Lipinski definition) is 3. The van der Waals surface area contributed by atoms with Gasteiger partial charge in [-0.15, -0.1) is 12.4 Å². The fourth-order valence-corrected chi connectivity index (χ4v) is 2.49. The summed E-state index contributed by atoms with van der Waals surface area (Å²) in [6, 6.07) is 3.66. The molecular weight excluding hydrogens is 256 g/mol. The van der Waals surface area contributed by atoms with Crippen LogP contribution in [0.2, 0.25) is 0 Å². The number of piperidine rings is 1. The Hall–Kier alpha value is -1.53. The van der Waals surface area contributed by atoms with E-state index in [-0.39, 0.29) is 24.1 Å². The molecule has 3 rings (SSSR count). The number of aromatic nitrogens is 3. The highest BCUT2D eigenvalue weighted by molar-refractivity contribution is 5.85. The maximum Gasteiger partial charge on any atom is 0.414 e. The lowest BCUT2D eigenvalue weighted by atomic mass is 10.1. The van der Waals surface area contributed by atoms with Crippen LogP contribution in [-0.2, 0) is 0 Å². The molecule has 6 nitrogen and oxygen atoms in total. The number of nitrogens with one attached hydrogen (secondary N) is 2. The normalized spacial score (nSPS) is 16.7. The minimum Gasteiger partial charge on any atom is -0.711 e. The topological polar surface area (TPSA) is 76.8 Å². The molecule has 0 unspecified atom stereocenters. The van der Waals surface area contributed by atoms with Crippen molar-refractivity contribution in [3.05, 3.63) is 34.0 Å². The molecule has 0 bridgehead atoms. The summed E-state index contributed by atoms with van der Waals surface area (Å²) in [6.45, 7) is 1.82. The van der Waals surface area contributed by atoms with Crippen LogP contribution in [0.4, 0.5) is 0 Å². The summed E-state index contributed by atoms with van der Waals surface area (Å²) in [6.07, 6.45) is 3.23. The Kier molecular flexibility index (Phi) is 3.58. The molecule has 0 aliphatic carbocycles. The van der Waals surface area contributed by atoms with Crippen LogP contribution < -0.4 is 15.7 Å². The van der Waals surface area contributed by atoms with Crippen molar-refractivity contribution >= 4 is 23.6 Å². The van der Waals surface area contributed by atoms with Gasteiger partial charge in [-0.05, 0) is 38.1 Å². The molecule has 0 atom stereocenters. The Morgan fingerprint density at radius 1 is 1.39 bits per heavy atom. The monoisotopic (exact) mass is 270 g/mol. The van der Waals surface area contributed by atoms with Crippen molar-refractivity contribution in [2.24, 2.45) is 0 Å². The second kappa shape index (κ2) is 4.99. The first-order chi connectivity index (χ1) is 8.27. The molecule has 7 heteroatoms. The van der Waals surface area contributed by atoms with Crippen molar-refractivity contribution in [3.63, 3.8) is 0 Å². The standard InChI is InChI=1S/C11H14N4O2.ClH/c16-11-13-10-9(2-1-7-14(10)17)15(11)8-3-5-12-6-4-8;/h1-2,7-8,12H,3-6H2,(H,13,16);1H. The third-order valence-corrected chi connectivity index (χ3v) is 3.32. The van der Waals surface area contributed by atoms with Crippen LogP contribution >= 0.6 is 12.4 Å². The number of fused-ring (bicyclic) bond motifs is 1. The first-order valence-electron chi connectivity index (χ1n) is 5.80. The SMILES string of the molecule is Cl.O=c1[nH]c2c(ccc[n+]2[O-])n1C1CCNCC1. The van der Waals surface area contributed by atoms with Crippen LogP contribution in [0.3, 0.4) is 0 Å². The lowest BCUT2D eigenvalue weighted by Gasteiger charge is -2.22. The molecule has 0 saturated carbocycles. The van der Waals surface area contributed by atoms with Crippen LogP contribution in [0, 0.1) is 5.21 Å².